The molecular weight excluding hydrogens is 226 g/mol. The smallest absolute Gasteiger partial charge is 0.327 e. The molecule has 0 aliphatic carbocycles. The van der Waals surface area contributed by atoms with Gasteiger partial charge in [-0.15, -0.1) is 0 Å². The Labute approximate surface area is 99.8 Å². The molecule has 1 atom stereocenters. The van der Waals surface area contributed by atoms with Crippen molar-refractivity contribution in [2.45, 2.75) is 19.4 Å². The summed E-state index contributed by atoms with van der Waals surface area (Å²) in [5, 5.41) is 11.3. The van der Waals surface area contributed by atoms with E-state index in [0.29, 0.717) is 5.75 Å². The van der Waals surface area contributed by atoms with E-state index in [1.54, 1.807) is 0 Å². The van der Waals surface area contributed by atoms with Gasteiger partial charge in [-0.1, -0.05) is 25.7 Å². The average molecular weight is 243 g/mol. The van der Waals surface area contributed by atoms with Gasteiger partial charge in [0.15, 0.2) is 0 Å². The largest absolute Gasteiger partial charge is 0.480 e. The quantitative estimate of drug-likeness (QED) is 0.384. The van der Waals surface area contributed by atoms with E-state index in [-0.39, 0.29) is 0 Å². The highest BCUT2D eigenvalue weighted by molar-refractivity contribution is 7.99. The molecule has 0 saturated carbocycles. The normalized spacial score (nSPS) is 12.3. The number of carbonyl (C=O) groups excluding carboxylic acids is 1. The van der Waals surface area contributed by atoms with E-state index in [9.17, 15) is 9.59 Å². The van der Waals surface area contributed by atoms with Gasteiger partial charge in [0.1, 0.15) is 6.04 Å². The minimum atomic E-state index is -1.01. The fraction of sp³-hybridized carbons (Fsp3) is 0.455. The van der Waals surface area contributed by atoms with Crippen molar-refractivity contribution >= 4 is 23.6 Å². The SMILES string of the molecule is C=CC=CC(=O)NC(CSCCC)C(=O)O. The van der Waals surface area contributed by atoms with Gasteiger partial charge in [0.2, 0.25) is 5.91 Å². The molecule has 2 N–H and O–H groups in total. The van der Waals surface area contributed by atoms with Crippen LogP contribution >= 0.6 is 11.8 Å². The first-order chi connectivity index (χ1) is 7.61. The lowest BCUT2D eigenvalue weighted by molar-refractivity contribution is -0.140. The second-order valence-corrected chi connectivity index (χ2v) is 4.22. The van der Waals surface area contributed by atoms with Gasteiger partial charge in [-0.3, -0.25) is 4.79 Å². The second-order valence-electron chi connectivity index (χ2n) is 3.07. The van der Waals surface area contributed by atoms with Crippen molar-refractivity contribution in [3.63, 3.8) is 0 Å². The van der Waals surface area contributed by atoms with Crippen LogP contribution in [0, 0.1) is 0 Å². The van der Waals surface area contributed by atoms with Crippen LogP contribution in [0.25, 0.3) is 0 Å². The van der Waals surface area contributed by atoms with E-state index in [1.807, 2.05) is 6.92 Å². The van der Waals surface area contributed by atoms with Gasteiger partial charge in [-0.25, -0.2) is 4.79 Å². The third-order valence-corrected chi connectivity index (χ3v) is 2.90. The third kappa shape index (κ3) is 7.11. The first-order valence-corrected chi connectivity index (χ1v) is 6.17. The van der Waals surface area contributed by atoms with E-state index < -0.39 is 17.9 Å². The summed E-state index contributed by atoms with van der Waals surface area (Å²) in [6.07, 6.45) is 5.17. The lowest BCUT2D eigenvalue weighted by Gasteiger charge is -2.12. The van der Waals surface area contributed by atoms with Gasteiger partial charge in [0, 0.05) is 11.8 Å². The summed E-state index contributed by atoms with van der Waals surface area (Å²) in [6.45, 7) is 5.44. The minimum Gasteiger partial charge on any atom is -0.480 e. The van der Waals surface area contributed by atoms with Gasteiger partial charge in [0.25, 0.3) is 0 Å². The Bertz CT molecular complexity index is 276. The summed E-state index contributed by atoms with van der Waals surface area (Å²) in [5.74, 6) is -0.146. The number of thioether (sulfide) groups is 1. The zero-order chi connectivity index (χ0) is 12.4. The molecular formula is C11H17NO3S. The van der Waals surface area contributed by atoms with Crippen molar-refractivity contribution in [3.05, 3.63) is 24.8 Å². The Kier molecular flexibility index (Phi) is 8.34. The molecule has 0 radical (unpaired) electrons. The maximum atomic E-state index is 11.2. The zero-order valence-corrected chi connectivity index (χ0v) is 10.1. The van der Waals surface area contributed by atoms with Crippen molar-refractivity contribution in [2.24, 2.45) is 0 Å². The number of carbonyl (C=O) groups is 2. The molecule has 0 aliphatic rings. The lowest BCUT2D eigenvalue weighted by atomic mass is 10.3. The van der Waals surface area contributed by atoms with Crippen molar-refractivity contribution in [3.8, 4) is 0 Å². The van der Waals surface area contributed by atoms with E-state index >= 15 is 0 Å². The molecule has 5 heteroatoms. The molecule has 0 heterocycles. The number of aliphatic carboxylic acids is 1. The van der Waals surface area contributed by atoms with Crippen LogP contribution in [-0.4, -0.2) is 34.5 Å². The van der Waals surface area contributed by atoms with E-state index in [2.05, 4.69) is 11.9 Å². The number of amides is 1. The molecule has 90 valence electrons. The monoisotopic (exact) mass is 243 g/mol. The van der Waals surface area contributed by atoms with Crippen molar-refractivity contribution in [1.29, 1.82) is 0 Å². The van der Waals surface area contributed by atoms with Crippen molar-refractivity contribution < 1.29 is 14.7 Å². The molecule has 0 aromatic heterocycles. The van der Waals surface area contributed by atoms with E-state index in [0.717, 1.165) is 12.2 Å². The van der Waals surface area contributed by atoms with Crippen LogP contribution in [0.4, 0.5) is 0 Å². The molecule has 0 saturated heterocycles. The highest BCUT2D eigenvalue weighted by Gasteiger charge is 2.18. The van der Waals surface area contributed by atoms with Crippen LogP contribution in [0.3, 0.4) is 0 Å². The molecule has 4 nitrogen and oxygen atoms in total. The first-order valence-electron chi connectivity index (χ1n) is 5.02. The zero-order valence-electron chi connectivity index (χ0n) is 9.31. The molecule has 16 heavy (non-hydrogen) atoms. The number of hydrogen-bond acceptors (Lipinski definition) is 3. The number of nitrogens with one attached hydrogen (secondary N) is 1. The lowest BCUT2D eigenvalue weighted by Crippen LogP contribution is -2.41. The molecule has 0 fully saturated rings. The molecule has 0 bridgehead atoms. The number of hydrogen-bond donors (Lipinski definition) is 2. The predicted octanol–water partition coefficient (Wildman–Crippen LogP) is 1.44. The van der Waals surface area contributed by atoms with E-state index in [1.165, 1.54) is 30.0 Å². The molecule has 0 aromatic rings. The second kappa shape index (κ2) is 9.03. The van der Waals surface area contributed by atoms with Crippen LogP contribution in [-0.2, 0) is 9.59 Å². The number of carboxylic acids is 1. The van der Waals surface area contributed by atoms with Crippen LogP contribution in [0.5, 0.6) is 0 Å². The van der Waals surface area contributed by atoms with Gasteiger partial charge in [-0.2, -0.15) is 11.8 Å². The van der Waals surface area contributed by atoms with Crippen LogP contribution in [0.15, 0.2) is 24.8 Å². The Morgan fingerprint density at radius 3 is 2.75 bits per heavy atom. The van der Waals surface area contributed by atoms with Crippen LogP contribution in [0.1, 0.15) is 13.3 Å². The Balaban J connectivity index is 4.12. The highest BCUT2D eigenvalue weighted by atomic mass is 32.2. The Hall–Kier alpha value is -1.23. The van der Waals surface area contributed by atoms with Crippen LogP contribution < -0.4 is 5.32 Å². The van der Waals surface area contributed by atoms with Gasteiger partial charge < -0.3 is 10.4 Å². The maximum absolute atomic E-state index is 11.2. The Morgan fingerprint density at radius 1 is 1.56 bits per heavy atom. The average Bonchev–Trinajstić information content (AvgIpc) is 2.25. The van der Waals surface area contributed by atoms with Gasteiger partial charge in [0.05, 0.1) is 0 Å². The highest BCUT2D eigenvalue weighted by Crippen LogP contribution is 2.05. The van der Waals surface area contributed by atoms with E-state index in [4.69, 9.17) is 5.11 Å². The molecule has 0 aromatic carbocycles. The van der Waals surface area contributed by atoms with Crippen LogP contribution in [0.2, 0.25) is 0 Å². The van der Waals surface area contributed by atoms with Gasteiger partial charge >= 0.3 is 5.97 Å². The summed E-state index contributed by atoms with van der Waals surface area (Å²) < 4.78 is 0. The van der Waals surface area contributed by atoms with Crippen molar-refractivity contribution in [1.82, 2.24) is 5.32 Å². The molecule has 0 aliphatic heterocycles. The summed E-state index contributed by atoms with van der Waals surface area (Å²) in [5.41, 5.74) is 0. The summed E-state index contributed by atoms with van der Waals surface area (Å²) in [7, 11) is 0. The van der Waals surface area contributed by atoms with Gasteiger partial charge in [-0.05, 0) is 12.2 Å². The molecule has 0 rings (SSSR count). The van der Waals surface area contributed by atoms with Crippen molar-refractivity contribution in [2.75, 3.05) is 11.5 Å². The topological polar surface area (TPSA) is 66.4 Å². The number of allylic oxidation sites excluding steroid dienone is 2. The molecule has 0 spiro atoms. The summed E-state index contributed by atoms with van der Waals surface area (Å²) in [4.78, 5) is 22.1. The Morgan fingerprint density at radius 2 is 2.25 bits per heavy atom. The predicted molar refractivity (Wildman–Crippen MR) is 66.5 cm³/mol. The number of rotatable bonds is 8. The fourth-order valence-corrected chi connectivity index (χ4v) is 1.81. The first kappa shape index (κ1) is 14.8. The minimum absolute atomic E-state index is 0.386. The maximum Gasteiger partial charge on any atom is 0.327 e. The number of carboxylic acid groups (broad SMARTS) is 1. The fourth-order valence-electron chi connectivity index (χ4n) is 0.895. The third-order valence-electron chi connectivity index (χ3n) is 1.63. The molecule has 1 amide bonds. The molecule has 1 unspecified atom stereocenters. The standard InChI is InChI=1S/C11H17NO3S/c1-3-5-6-10(13)12-9(11(14)15)8-16-7-4-2/h3,5-6,9H,1,4,7-8H2,2H3,(H,12,13)(H,14,15). The summed E-state index contributed by atoms with van der Waals surface area (Å²) >= 11 is 1.52. The summed E-state index contributed by atoms with van der Waals surface area (Å²) in [6, 6.07) is -0.835.